The number of rotatable bonds is 3. The van der Waals surface area contributed by atoms with Crippen LogP contribution in [0.5, 0.6) is 5.75 Å². The molecule has 1 saturated carbocycles. The summed E-state index contributed by atoms with van der Waals surface area (Å²) in [5, 5.41) is 8.72. The number of methoxy groups -OCH3 is 1. The molecule has 0 amide bonds. The van der Waals surface area contributed by atoms with Crippen LogP contribution in [0.1, 0.15) is 18.4 Å². The summed E-state index contributed by atoms with van der Waals surface area (Å²) in [7, 11) is 1.10. The molecule has 17 heavy (non-hydrogen) atoms. The van der Waals surface area contributed by atoms with E-state index in [-0.39, 0.29) is 10.6 Å². The van der Waals surface area contributed by atoms with Gasteiger partial charge < -0.3 is 9.84 Å². The van der Waals surface area contributed by atoms with Gasteiger partial charge >= 0.3 is 5.97 Å². The highest BCUT2D eigenvalue weighted by molar-refractivity contribution is 6.31. The van der Waals surface area contributed by atoms with Crippen molar-refractivity contribution in [2.24, 2.45) is 0 Å². The average Bonchev–Trinajstić information content (AvgIpc) is 3.05. The van der Waals surface area contributed by atoms with Gasteiger partial charge in [0.2, 0.25) is 0 Å². The molecule has 1 aliphatic rings. The lowest BCUT2D eigenvalue weighted by molar-refractivity contribution is -0.140. The summed E-state index contributed by atoms with van der Waals surface area (Å²) < 4.78 is 31.9. The van der Waals surface area contributed by atoms with Gasteiger partial charge in [0, 0.05) is 5.56 Å². The molecule has 1 fully saturated rings. The third-order valence-corrected chi connectivity index (χ3v) is 3.27. The van der Waals surface area contributed by atoms with Crippen LogP contribution in [-0.2, 0) is 10.2 Å². The van der Waals surface area contributed by atoms with Crippen molar-refractivity contribution >= 4 is 17.6 Å². The Balaban J connectivity index is 2.64. The van der Waals surface area contributed by atoms with E-state index >= 15 is 0 Å². The number of halogens is 3. The summed E-state index contributed by atoms with van der Waals surface area (Å²) in [5.41, 5.74) is -1.40. The fourth-order valence-corrected chi connectivity index (χ4v) is 2.03. The summed E-state index contributed by atoms with van der Waals surface area (Å²) >= 11 is 5.59. The molecule has 0 aromatic heterocycles. The molecule has 1 N–H and O–H groups in total. The monoisotopic (exact) mass is 262 g/mol. The first-order valence-corrected chi connectivity index (χ1v) is 5.27. The maximum Gasteiger partial charge on any atom is 0.314 e. The van der Waals surface area contributed by atoms with Crippen LogP contribution in [0, 0.1) is 11.6 Å². The summed E-state index contributed by atoms with van der Waals surface area (Å²) in [4.78, 5) is 11.1. The summed E-state index contributed by atoms with van der Waals surface area (Å²) in [5.74, 6) is -3.79. The fourth-order valence-electron chi connectivity index (χ4n) is 1.83. The molecule has 0 radical (unpaired) electrons. The van der Waals surface area contributed by atoms with Crippen LogP contribution in [0.3, 0.4) is 0 Å². The molecule has 0 bridgehead atoms. The third kappa shape index (κ3) is 1.65. The second-order valence-corrected chi connectivity index (χ2v) is 4.36. The van der Waals surface area contributed by atoms with E-state index in [1.54, 1.807) is 0 Å². The Labute approximate surface area is 101 Å². The molecule has 0 saturated heterocycles. The maximum absolute atomic E-state index is 13.9. The zero-order valence-electron chi connectivity index (χ0n) is 8.89. The van der Waals surface area contributed by atoms with E-state index in [9.17, 15) is 13.6 Å². The van der Waals surface area contributed by atoms with Gasteiger partial charge in [-0.3, -0.25) is 4.79 Å². The van der Waals surface area contributed by atoms with E-state index in [1.165, 1.54) is 0 Å². The van der Waals surface area contributed by atoms with E-state index in [2.05, 4.69) is 4.74 Å². The Hall–Kier alpha value is -1.36. The van der Waals surface area contributed by atoms with Crippen molar-refractivity contribution in [3.63, 3.8) is 0 Å². The number of hydrogen-bond donors (Lipinski definition) is 1. The zero-order valence-corrected chi connectivity index (χ0v) is 9.65. The molecule has 1 aromatic rings. The minimum atomic E-state index is -1.28. The number of aliphatic carboxylic acids is 1. The van der Waals surface area contributed by atoms with Crippen LogP contribution in [0.2, 0.25) is 5.02 Å². The molecule has 0 unspecified atom stereocenters. The van der Waals surface area contributed by atoms with Crippen molar-refractivity contribution in [3.05, 3.63) is 28.3 Å². The number of hydrogen-bond acceptors (Lipinski definition) is 2. The number of carbonyl (C=O) groups is 1. The molecule has 6 heteroatoms. The lowest BCUT2D eigenvalue weighted by Gasteiger charge is -2.15. The quantitative estimate of drug-likeness (QED) is 0.852. The van der Waals surface area contributed by atoms with E-state index in [0.717, 1.165) is 13.2 Å². The molecule has 0 heterocycles. The summed E-state index contributed by atoms with van der Waals surface area (Å²) in [6.07, 6.45) is 0.620. The lowest BCUT2D eigenvalue weighted by atomic mass is 9.95. The molecule has 2 rings (SSSR count). The van der Waals surface area contributed by atoms with Crippen molar-refractivity contribution < 1.29 is 23.4 Å². The lowest BCUT2D eigenvalue weighted by Crippen LogP contribution is -2.21. The Morgan fingerprint density at radius 2 is 2.06 bits per heavy atom. The van der Waals surface area contributed by atoms with Gasteiger partial charge in [0.15, 0.2) is 17.4 Å². The summed E-state index contributed by atoms with van der Waals surface area (Å²) in [6, 6.07) is 1.02. The highest BCUT2D eigenvalue weighted by Crippen LogP contribution is 2.51. The molecule has 0 spiro atoms. The molecular weight excluding hydrogens is 254 g/mol. The predicted octanol–water partition coefficient (Wildman–Crippen LogP) is 2.74. The van der Waals surface area contributed by atoms with Gasteiger partial charge in [-0.15, -0.1) is 0 Å². The molecule has 1 aromatic carbocycles. The van der Waals surface area contributed by atoms with Gasteiger partial charge in [-0.25, -0.2) is 8.78 Å². The Morgan fingerprint density at radius 1 is 1.47 bits per heavy atom. The predicted molar refractivity (Wildman–Crippen MR) is 56.5 cm³/mol. The van der Waals surface area contributed by atoms with Gasteiger partial charge in [-0.2, -0.15) is 0 Å². The van der Waals surface area contributed by atoms with E-state index in [0.29, 0.717) is 12.8 Å². The second-order valence-electron chi connectivity index (χ2n) is 3.95. The van der Waals surface area contributed by atoms with Gasteiger partial charge in [0.05, 0.1) is 17.5 Å². The number of benzene rings is 1. The average molecular weight is 263 g/mol. The van der Waals surface area contributed by atoms with Gasteiger partial charge in [-0.1, -0.05) is 11.6 Å². The number of carboxylic acid groups (broad SMARTS) is 1. The Morgan fingerprint density at radius 3 is 2.47 bits per heavy atom. The molecule has 0 atom stereocenters. The van der Waals surface area contributed by atoms with E-state index in [4.69, 9.17) is 16.7 Å². The standard InChI is InChI=1S/C11H9ClF2O3/c1-17-9-7(13)5(4-6(12)8(9)14)11(2-3-11)10(15)16/h4H,2-3H2,1H3,(H,15,16). The van der Waals surface area contributed by atoms with Crippen molar-refractivity contribution in [2.75, 3.05) is 7.11 Å². The highest BCUT2D eigenvalue weighted by Gasteiger charge is 2.54. The van der Waals surface area contributed by atoms with Gasteiger partial charge in [-0.05, 0) is 18.9 Å². The maximum atomic E-state index is 13.9. The van der Waals surface area contributed by atoms with Gasteiger partial charge in [0.1, 0.15) is 0 Å². The molecule has 3 nitrogen and oxygen atoms in total. The number of carboxylic acids is 1. The third-order valence-electron chi connectivity index (χ3n) is 2.99. The normalized spacial score (nSPS) is 16.7. The minimum Gasteiger partial charge on any atom is -0.491 e. The highest BCUT2D eigenvalue weighted by atomic mass is 35.5. The fraction of sp³-hybridized carbons (Fsp3) is 0.364. The van der Waals surface area contributed by atoms with Crippen molar-refractivity contribution in [1.29, 1.82) is 0 Å². The Bertz CT molecular complexity index is 498. The SMILES string of the molecule is COc1c(F)c(Cl)cc(C2(C(=O)O)CC2)c1F. The molecule has 0 aliphatic heterocycles. The largest absolute Gasteiger partial charge is 0.491 e. The Kier molecular flexibility index (Phi) is 2.73. The van der Waals surface area contributed by atoms with Crippen LogP contribution in [0.15, 0.2) is 6.07 Å². The first-order valence-electron chi connectivity index (χ1n) is 4.89. The van der Waals surface area contributed by atoms with Crippen molar-refractivity contribution in [2.45, 2.75) is 18.3 Å². The first kappa shape index (κ1) is 12.1. The second kappa shape index (κ2) is 3.84. The van der Waals surface area contributed by atoms with Gasteiger partial charge in [0.25, 0.3) is 0 Å². The van der Waals surface area contributed by atoms with Crippen molar-refractivity contribution in [1.82, 2.24) is 0 Å². The van der Waals surface area contributed by atoms with Crippen LogP contribution in [-0.4, -0.2) is 18.2 Å². The van der Waals surface area contributed by atoms with Crippen LogP contribution < -0.4 is 4.74 Å². The van der Waals surface area contributed by atoms with Crippen LogP contribution in [0.4, 0.5) is 8.78 Å². The number of ether oxygens (including phenoxy) is 1. The van der Waals surface area contributed by atoms with Crippen LogP contribution in [0.25, 0.3) is 0 Å². The van der Waals surface area contributed by atoms with E-state index < -0.39 is 28.8 Å². The summed E-state index contributed by atoms with van der Waals surface area (Å²) in [6.45, 7) is 0. The molecule has 92 valence electrons. The molecular formula is C11H9ClF2O3. The van der Waals surface area contributed by atoms with Crippen molar-refractivity contribution in [3.8, 4) is 5.75 Å². The first-order chi connectivity index (χ1) is 7.94. The minimum absolute atomic E-state index is 0.117. The van der Waals surface area contributed by atoms with E-state index in [1.807, 2.05) is 0 Å². The topological polar surface area (TPSA) is 46.5 Å². The van der Waals surface area contributed by atoms with Crippen LogP contribution >= 0.6 is 11.6 Å². The molecule has 1 aliphatic carbocycles. The smallest absolute Gasteiger partial charge is 0.314 e. The zero-order chi connectivity index (χ0) is 12.8.